The molecule has 0 aliphatic carbocycles. The molecule has 0 aromatic heterocycles. The highest BCUT2D eigenvalue weighted by molar-refractivity contribution is 5.80. The number of hydrogen-bond acceptors (Lipinski definition) is 5. The SMILES string of the molecule is C=CCOC(=O)NCc1ccc(CNC(CCc2ccccc2)C(=O)NOC)cc1. The van der Waals surface area contributed by atoms with E-state index in [2.05, 4.69) is 22.7 Å². The molecule has 0 heterocycles. The summed E-state index contributed by atoms with van der Waals surface area (Å²) >= 11 is 0. The Bertz CT molecular complexity index is 794. The van der Waals surface area contributed by atoms with Crippen LogP contribution in [0.1, 0.15) is 23.1 Å². The Hall–Kier alpha value is -3.16. The Morgan fingerprint density at radius 2 is 1.67 bits per heavy atom. The van der Waals surface area contributed by atoms with Crippen molar-refractivity contribution in [3.8, 4) is 0 Å². The van der Waals surface area contributed by atoms with E-state index in [9.17, 15) is 9.59 Å². The molecule has 7 nitrogen and oxygen atoms in total. The summed E-state index contributed by atoms with van der Waals surface area (Å²) in [5, 5.41) is 5.97. The molecule has 0 aliphatic rings. The average Bonchev–Trinajstić information content (AvgIpc) is 2.77. The fourth-order valence-electron chi connectivity index (χ4n) is 2.83. The van der Waals surface area contributed by atoms with Crippen molar-refractivity contribution in [3.05, 3.63) is 83.9 Å². The van der Waals surface area contributed by atoms with E-state index >= 15 is 0 Å². The first-order valence-corrected chi connectivity index (χ1v) is 9.82. The number of ether oxygens (including phenoxy) is 1. The summed E-state index contributed by atoms with van der Waals surface area (Å²) in [6.45, 7) is 4.58. The fraction of sp³-hybridized carbons (Fsp3) is 0.304. The van der Waals surface area contributed by atoms with Crippen LogP contribution in [0.4, 0.5) is 4.79 Å². The third kappa shape index (κ3) is 8.46. The highest BCUT2D eigenvalue weighted by Crippen LogP contribution is 2.08. The standard InChI is InChI=1S/C23H29N3O4/c1-3-15-30-23(28)25-17-20-11-9-19(10-12-20)16-24-21(22(27)26-29-2)14-13-18-7-5-4-6-8-18/h3-12,21,24H,1,13-17H2,2H3,(H,25,28)(H,26,27). The monoisotopic (exact) mass is 411 g/mol. The zero-order valence-electron chi connectivity index (χ0n) is 17.2. The minimum Gasteiger partial charge on any atom is -0.445 e. The van der Waals surface area contributed by atoms with Crippen LogP contribution in [0.5, 0.6) is 0 Å². The maximum atomic E-state index is 12.3. The number of nitrogens with one attached hydrogen (secondary N) is 3. The molecule has 2 rings (SSSR count). The molecule has 7 heteroatoms. The van der Waals surface area contributed by atoms with Gasteiger partial charge < -0.3 is 15.4 Å². The molecule has 160 valence electrons. The van der Waals surface area contributed by atoms with Crippen LogP contribution in [0.2, 0.25) is 0 Å². The van der Waals surface area contributed by atoms with E-state index < -0.39 is 6.09 Å². The second-order valence-corrected chi connectivity index (χ2v) is 6.69. The summed E-state index contributed by atoms with van der Waals surface area (Å²) in [5.41, 5.74) is 5.57. The molecular weight excluding hydrogens is 382 g/mol. The van der Waals surface area contributed by atoms with Gasteiger partial charge in [0, 0.05) is 13.1 Å². The quantitative estimate of drug-likeness (QED) is 0.369. The zero-order chi connectivity index (χ0) is 21.6. The van der Waals surface area contributed by atoms with Gasteiger partial charge in [-0.05, 0) is 29.5 Å². The first-order valence-electron chi connectivity index (χ1n) is 9.82. The zero-order valence-corrected chi connectivity index (χ0v) is 17.2. The van der Waals surface area contributed by atoms with Crippen molar-refractivity contribution >= 4 is 12.0 Å². The van der Waals surface area contributed by atoms with E-state index in [4.69, 9.17) is 9.57 Å². The molecule has 0 fully saturated rings. The highest BCUT2D eigenvalue weighted by Gasteiger charge is 2.17. The normalized spacial score (nSPS) is 11.4. The van der Waals surface area contributed by atoms with Gasteiger partial charge in [-0.25, -0.2) is 10.3 Å². The molecule has 1 unspecified atom stereocenters. The van der Waals surface area contributed by atoms with E-state index in [0.29, 0.717) is 19.5 Å². The Kier molecular flexibility index (Phi) is 10.1. The number of aryl methyl sites for hydroxylation is 1. The number of benzene rings is 2. The van der Waals surface area contributed by atoms with Gasteiger partial charge >= 0.3 is 6.09 Å². The van der Waals surface area contributed by atoms with Gasteiger partial charge in [0.2, 0.25) is 0 Å². The summed E-state index contributed by atoms with van der Waals surface area (Å²) < 4.78 is 4.87. The molecule has 2 amide bonds. The topological polar surface area (TPSA) is 88.7 Å². The molecule has 0 spiro atoms. The number of carbonyl (C=O) groups excluding carboxylic acids is 2. The Morgan fingerprint density at radius 3 is 2.30 bits per heavy atom. The third-order valence-electron chi connectivity index (χ3n) is 4.43. The predicted molar refractivity (Wildman–Crippen MR) is 115 cm³/mol. The fourth-order valence-corrected chi connectivity index (χ4v) is 2.83. The van der Waals surface area contributed by atoms with E-state index in [1.54, 1.807) is 0 Å². The number of rotatable bonds is 12. The summed E-state index contributed by atoms with van der Waals surface area (Å²) in [6, 6.07) is 17.4. The maximum Gasteiger partial charge on any atom is 0.407 e. The molecule has 0 saturated heterocycles. The van der Waals surface area contributed by atoms with Crippen molar-refractivity contribution in [3.63, 3.8) is 0 Å². The van der Waals surface area contributed by atoms with E-state index in [0.717, 1.165) is 17.5 Å². The molecule has 0 aliphatic heterocycles. The number of hydroxylamine groups is 1. The summed E-state index contributed by atoms with van der Waals surface area (Å²) in [5.74, 6) is -0.202. The van der Waals surface area contributed by atoms with Gasteiger partial charge in [-0.2, -0.15) is 0 Å². The van der Waals surface area contributed by atoms with Gasteiger partial charge in [-0.15, -0.1) is 0 Å². The lowest BCUT2D eigenvalue weighted by Crippen LogP contribution is -2.43. The first-order chi connectivity index (χ1) is 14.6. The van der Waals surface area contributed by atoms with Crippen molar-refractivity contribution in [2.45, 2.75) is 32.0 Å². The molecule has 1 atom stereocenters. The summed E-state index contributed by atoms with van der Waals surface area (Å²) in [6.07, 6.45) is 2.46. The van der Waals surface area contributed by atoms with Crippen molar-refractivity contribution < 1.29 is 19.2 Å². The second kappa shape index (κ2) is 13.1. The van der Waals surface area contributed by atoms with Gasteiger partial charge in [0.15, 0.2) is 0 Å². The van der Waals surface area contributed by atoms with Crippen molar-refractivity contribution in [1.29, 1.82) is 0 Å². The lowest BCUT2D eigenvalue weighted by atomic mass is 10.0. The van der Waals surface area contributed by atoms with Crippen LogP contribution in [0.3, 0.4) is 0 Å². The lowest BCUT2D eigenvalue weighted by Gasteiger charge is -2.18. The van der Waals surface area contributed by atoms with Crippen molar-refractivity contribution in [2.75, 3.05) is 13.7 Å². The van der Waals surface area contributed by atoms with Crippen molar-refractivity contribution in [2.24, 2.45) is 0 Å². The Balaban J connectivity index is 1.85. The average molecular weight is 412 g/mol. The minimum atomic E-state index is -0.481. The van der Waals surface area contributed by atoms with Gasteiger partial charge in [-0.1, -0.05) is 67.3 Å². The van der Waals surface area contributed by atoms with E-state index in [1.807, 2.05) is 54.6 Å². The predicted octanol–water partition coefficient (Wildman–Crippen LogP) is 2.87. The minimum absolute atomic E-state index is 0.179. The van der Waals surface area contributed by atoms with Crippen molar-refractivity contribution in [1.82, 2.24) is 16.1 Å². The van der Waals surface area contributed by atoms with E-state index in [-0.39, 0.29) is 18.6 Å². The van der Waals surface area contributed by atoms with Gasteiger partial charge in [0.05, 0.1) is 13.2 Å². The molecule has 3 N–H and O–H groups in total. The molecule has 0 bridgehead atoms. The molecule has 0 radical (unpaired) electrons. The maximum absolute atomic E-state index is 12.3. The van der Waals surface area contributed by atoms with Crippen LogP contribution in [-0.4, -0.2) is 31.8 Å². The van der Waals surface area contributed by atoms with E-state index in [1.165, 1.54) is 18.7 Å². The van der Waals surface area contributed by atoms with Gasteiger partial charge in [0.25, 0.3) is 5.91 Å². The third-order valence-corrected chi connectivity index (χ3v) is 4.43. The summed E-state index contributed by atoms with van der Waals surface area (Å²) in [7, 11) is 1.42. The molecule has 30 heavy (non-hydrogen) atoms. The number of alkyl carbamates (subject to hydrolysis) is 1. The number of amides is 2. The molecule has 0 saturated carbocycles. The molecule has 2 aromatic carbocycles. The van der Waals surface area contributed by atoms with Crippen LogP contribution in [0.15, 0.2) is 67.3 Å². The Morgan fingerprint density at radius 1 is 1.00 bits per heavy atom. The number of carbonyl (C=O) groups is 2. The van der Waals surface area contributed by atoms with Crippen LogP contribution >= 0.6 is 0 Å². The first kappa shape index (κ1) is 23.1. The Labute approximate surface area is 177 Å². The van der Waals surface area contributed by atoms with Crippen LogP contribution in [0, 0.1) is 0 Å². The number of hydrogen-bond donors (Lipinski definition) is 3. The van der Waals surface area contributed by atoms with Gasteiger partial charge in [-0.3, -0.25) is 9.63 Å². The highest BCUT2D eigenvalue weighted by atomic mass is 16.6. The summed E-state index contributed by atoms with van der Waals surface area (Å²) in [4.78, 5) is 28.6. The second-order valence-electron chi connectivity index (χ2n) is 6.69. The van der Waals surface area contributed by atoms with Gasteiger partial charge in [0.1, 0.15) is 6.61 Å². The molecule has 2 aromatic rings. The molecular formula is C23H29N3O4. The smallest absolute Gasteiger partial charge is 0.407 e. The lowest BCUT2D eigenvalue weighted by molar-refractivity contribution is -0.133. The van der Waals surface area contributed by atoms with Crippen LogP contribution < -0.4 is 16.1 Å². The largest absolute Gasteiger partial charge is 0.445 e. The van der Waals surface area contributed by atoms with Crippen LogP contribution in [0.25, 0.3) is 0 Å². The van der Waals surface area contributed by atoms with Crippen LogP contribution in [-0.2, 0) is 33.9 Å².